The van der Waals surface area contributed by atoms with Gasteiger partial charge in [0.05, 0.1) is 17.6 Å². The minimum atomic E-state index is -0.597. The molecular formula is C25H18IN3O5. The Bertz CT molecular complexity index is 1380. The van der Waals surface area contributed by atoms with E-state index in [-0.39, 0.29) is 11.6 Å². The molecule has 9 heteroatoms. The van der Waals surface area contributed by atoms with Crippen molar-refractivity contribution in [3.8, 4) is 17.1 Å². The van der Waals surface area contributed by atoms with Crippen LogP contribution in [0.4, 0.5) is 17.1 Å². The number of rotatable bonds is 5. The van der Waals surface area contributed by atoms with Crippen molar-refractivity contribution in [1.29, 1.82) is 0 Å². The number of nitro benzene ring substituents is 1. The van der Waals surface area contributed by atoms with Crippen molar-refractivity contribution < 1.29 is 18.9 Å². The fourth-order valence-electron chi connectivity index (χ4n) is 3.89. The normalized spacial score (nSPS) is 14.9. The number of nitrogens with zero attached hydrogens (tertiary/aromatic N) is 2. The number of hydrogen-bond donors (Lipinski definition) is 1. The van der Waals surface area contributed by atoms with Gasteiger partial charge >= 0.3 is 0 Å². The molecule has 1 N–H and O–H groups in total. The molecule has 1 aliphatic heterocycles. The summed E-state index contributed by atoms with van der Waals surface area (Å²) in [5.41, 5.74) is 2.67. The van der Waals surface area contributed by atoms with Gasteiger partial charge < -0.3 is 14.5 Å². The Morgan fingerprint density at radius 2 is 1.76 bits per heavy atom. The monoisotopic (exact) mass is 567 g/mol. The van der Waals surface area contributed by atoms with E-state index in [1.807, 2.05) is 30.3 Å². The van der Waals surface area contributed by atoms with Gasteiger partial charge in [0.25, 0.3) is 11.6 Å². The Morgan fingerprint density at radius 1 is 1.03 bits per heavy atom. The molecule has 170 valence electrons. The van der Waals surface area contributed by atoms with Crippen LogP contribution in [0.5, 0.6) is 5.75 Å². The Morgan fingerprint density at radius 3 is 2.44 bits per heavy atom. The number of nitrogens with one attached hydrogen (secondary N) is 1. The molecule has 1 amide bonds. The second-order valence-corrected chi connectivity index (χ2v) is 8.86. The number of amides is 1. The molecular weight excluding hydrogens is 549 g/mol. The summed E-state index contributed by atoms with van der Waals surface area (Å²) in [6, 6.07) is 22.6. The predicted molar refractivity (Wildman–Crippen MR) is 136 cm³/mol. The Labute approximate surface area is 208 Å². The number of benzene rings is 3. The van der Waals surface area contributed by atoms with Gasteiger partial charge in [0.1, 0.15) is 17.3 Å². The number of nitro groups is 1. The lowest BCUT2D eigenvalue weighted by Crippen LogP contribution is -2.43. The number of furan rings is 1. The lowest BCUT2D eigenvalue weighted by atomic mass is 10.1. The van der Waals surface area contributed by atoms with E-state index < -0.39 is 11.1 Å². The molecule has 3 aromatic carbocycles. The van der Waals surface area contributed by atoms with Gasteiger partial charge in [-0.1, -0.05) is 0 Å². The highest BCUT2D eigenvalue weighted by atomic mass is 127. The highest BCUT2D eigenvalue weighted by Crippen LogP contribution is 2.39. The van der Waals surface area contributed by atoms with Crippen LogP contribution in [-0.2, 0) is 0 Å². The van der Waals surface area contributed by atoms with Crippen LogP contribution in [-0.4, -0.2) is 17.9 Å². The maximum atomic E-state index is 13.6. The van der Waals surface area contributed by atoms with E-state index in [1.54, 1.807) is 48.4 Å². The number of carbonyl (C=O) groups is 1. The fourth-order valence-corrected chi connectivity index (χ4v) is 4.38. The third-order valence-electron chi connectivity index (χ3n) is 5.59. The van der Waals surface area contributed by atoms with Crippen LogP contribution in [0.15, 0.2) is 83.3 Å². The van der Waals surface area contributed by atoms with Gasteiger partial charge in [-0.3, -0.25) is 19.8 Å². The van der Waals surface area contributed by atoms with Gasteiger partial charge in [-0.2, -0.15) is 0 Å². The number of fused-ring (bicyclic) bond motifs is 1. The molecule has 5 rings (SSSR count). The molecule has 34 heavy (non-hydrogen) atoms. The maximum Gasteiger partial charge on any atom is 0.269 e. The van der Waals surface area contributed by atoms with Crippen LogP contribution >= 0.6 is 22.6 Å². The summed E-state index contributed by atoms with van der Waals surface area (Å²) in [6.45, 7) is 0. The van der Waals surface area contributed by atoms with Crippen LogP contribution < -0.4 is 15.0 Å². The average Bonchev–Trinajstić information content (AvgIpc) is 3.35. The Kier molecular flexibility index (Phi) is 5.70. The van der Waals surface area contributed by atoms with Crippen LogP contribution in [0.25, 0.3) is 11.3 Å². The maximum absolute atomic E-state index is 13.6. The topological polar surface area (TPSA) is 97.8 Å². The van der Waals surface area contributed by atoms with Gasteiger partial charge in [-0.05, 0) is 89.3 Å². The summed E-state index contributed by atoms with van der Waals surface area (Å²) in [5.74, 6) is 1.60. The molecule has 0 saturated carbocycles. The minimum Gasteiger partial charge on any atom is -0.497 e. The highest BCUT2D eigenvalue weighted by Gasteiger charge is 2.36. The summed E-state index contributed by atoms with van der Waals surface area (Å²) in [4.78, 5) is 25.8. The fraction of sp³-hybridized carbons (Fsp3) is 0.0800. The highest BCUT2D eigenvalue weighted by molar-refractivity contribution is 14.1. The molecule has 0 aliphatic carbocycles. The van der Waals surface area contributed by atoms with E-state index in [1.165, 1.54) is 12.1 Å². The van der Waals surface area contributed by atoms with E-state index in [4.69, 9.17) is 9.15 Å². The number of anilines is 2. The number of hydrogen-bond acceptors (Lipinski definition) is 6. The van der Waals surface area contributed by atoms with Gasteiger partial charge in [0, 0.05) is 32.6 Å². The standard InChI is InChI=1S/C25H18IN3O5/c1-33-19-9-7-17(8-10-19)28-24(27-21-11-4-16(26)14-20(21)25(28)30)23-13-12-22(34-23)15-2-5-18(6-3-15)29(31)32/h2-14,24,27H,1H3/t24-/m1/s1. The number of carbonyl (C=O) groups excluding carboxylic acids is 1. The predicted octanol–water partition coefficient (Wildman–Crippen LogP) is 6.24. The van der Waals surface area contributed by atoms with Gasteiger partial charge in [0.2, 0.25) is 0 Å². The van der Waals surface area contributed by atoms with Gasteiger partial charge in [-0.25, -0.2) is 0 Å². The third kappa shape index (κ3) is 3.98. The zero-order valence-corrected chi connectivity index (χ0v) is 20.1. The first-order chi connectivity index (χ1) is 16.4. The summed E-state index contributed by atoms with van der Waals surface area (Å²) in [6.07, 6.45) is -0.597. The molecule has 1 aliphatic rings. The molecule has 8 nitrogen and oxygen atoms in total. The molecule has 0 spiro atoms. The lowest BCUT2D eigenvalue weighted by Gasteiger charge is -2.36. The summed E-state index contributed by atoms with van der Waals surface area (Å²) in [7, 11) is 1.59. The quantitative estimate of drug-likeness (QED) is 0.174. The van der Waals surface area contributed by atoms with E-state index in [0.717, 1.165) is 3.57 Å². The molecule has 4 aromatic rings. The van der Waals surface area contributed by atoms with E-state index in [2.05, 4.69) is 27.9 Å². The summed E-state index contributed by atoms with van der Waals surface area (Å²) in [5, 5.41) is 14.4. The van der Waals surface area contributed by atoms with E-state index in [9.17, 15) is 14.9 Å². The van der Waals surface area contributed by atoms with Crippen molar-refractivity contribution in [3.63, 3.8) is 0 Å². The molecule has 2 heterocycles. The van der Waals surface area contributed by atoms with Crippen molar-refractivity contribution >= 4 is 45.6 Å². The minimum absolute atomic E-state index is 0.00648. The van der Waals surface area contributed by atoms with Crippen LogP contribution in [0, 0.1) is 13.7 Å². The molecule has 1 atom stereocenters. The molecule has 0 saturated heterocycles. The number of methoxy groups -OCH3 is 1. The van der Waals surface area contributed by atoms with Crippen molar-refractivity contribution in [3.05, 3.63) is 104 Å². The number of ether oxygens (including phenoxy) is 1. The van der Waals surface area contributed by atoms with E-state index >= 15 is 0 Å². The largest absolute Gasteiger partial charge is 0.497 e. The smallest absolute Gasteiger partial charge is 0.269 e. The molecule has 0 fully saturated rings. The zero-order valence-electron chi connectivity index (χ0n) is 17.9. The number of non-ortho nitro benzene ring substituents is 1. The molecule has 1 aromatic heterocycles. The molecule has 0 bridgehead atoms. The van der Waals surface area contributed by atoms with Crippen molar-refractivity contribution in [2.75, 3.05) is 17.3 Å². The Hall–Kier alpha value is -3.86. The third-order valence-corrected chi connectivity index (χ3v) is 6.26. The van der Waals surface area contributed by atoms with Crippen molar-refractivity contribution in [2.24, 2.45) is 0 Å². The average molecular weight is 567 g/mol. The Balaban J connectivity index is 1.55. The van der Waals surface area contributed by atoms with Gasteiger partial charge in [0.15, 0.2) is 6.17 Å². The number of halogens is 1. The molecule has 0 unspecified atom stereocenters. The van der Waals surface area contributed by atoms with E-state index in [0.29, 0.717) is 39.8 Å². The van der Waals surface area contributed by atoms with Crippen molar-refractivity contribution in [1.82, 2.24) is 0 Å². The first-order valence-electron chi connectivity index (χ1n) is 10.3. The second kappa shape index (κ2) is 8.82. The molecule has 0 radical (unpaired) electrons. The first kappa shape index (κ1) is 22.0. The van der Waals surface area contributed by atoms with Crippen LogP contribution in [0.1, 0.15) is 22.3 Å². The zero-order chi connectivity index (χ0) is 23.8. The van der Waals surface area contributed by atoms with Crippen LogP contribution in [0.3, 0.4) is 0 Å². The first-order valence-corrected chi connectivity index (χ1v) is 11.4. The second-order valence-electron chi connectivity index (χ2n) is 7.62. The SMILES string of the molecule is COc1ccc(N2C(=O)c3cc(I)ccc3N[C@H]2c2ccc(-c3ccc([N+](=O)[O-])cc3)o2)cc1. The summed E-state index contributed by atoms with van der Waals surface area (Å²) < 4.78 is 12.4. The van der Waals surface area contributed by atoms with Gasteiger partial charge in [-0.15, -0.1) is 0 Å². The summed E-state index contributed by atoms with van der Waals surface area (Å²) >= 11 is 2.18. The van der Waals surface area contributed by atoms with Crippen LogP contribution in [0.2, 0.25) is 0 Å². The van der Waals surface area contributed by atoms with Crippen molar-refractivity contribution in [2.45, 2.75) is 6.17 Å². The lowest BCUT2D eigenvalue weighted by molar-refractivity contribution is -0.384.